The van der Waals surface area contributed by atoms with Gasteiger partial charge in [-0.3, -0.25) is 14.5 Å². The Kier molecular flexibility index (Phi) is 12.1. The summed E-state index contributed by atoms with van der Waals surface area (Å²) >= 11 is 0.925. The first kappa shape index (κ1) is 39.6. The van der Waals surface area contributed by atoms with Gasteiger partial charge in [-0.15, -0.1) is 0 Å². The lowest BCUT2D eigenvalue weighted by Crippen LogP contribution is -2.45. The third-order valence-corrected chi connectivity index (χ3v) is 9.94. The first-order valence-corrected chi connectivity index (χ1v) is 18.8. The van der Waals surface area contributed by atoms with E-state index in [1.807, 2.05) is 80.4 Å². The lowest BCUT2D eigenvalue weighted by Gasteiger charge is -2.33. The molecule has 1 fully saturated rings. The van der Waals surface area contributed by atoms with Gasteiger partial charge in [-0.1, -0.05) is 57.2 Å². The average molecular weight is 745 g/mol. The van der Waals surface area contributed by atoms with Gasteiger partial charge in [0.15, 0.2) is 0 Å². The minimum Gasteiger partial charge on any atom is -0.444 e. The first-order chi connectivity index (χ1) is 24.9. The van der Waals surface area contributed by atoms with Gasteiger partial charge in [-0.05, 0) is 107 Å². The number of amides is 2. The number of aromatic nitrogens is 3. The molecule has 1 aromatic carbocycles. The van der Waals surface area contributed by atoms with Gasteiger partial charge in [-0.2, -0.15) is 13.8 Å². The average Bonchev–Trinajstić information content (AvgIpc) is 3.40. The van der Waals surface area contributed by atoms with Crippen molar-refractivity contribution < 1.29 is 23.1 Å². The van der Waals surface area contributed by atoms with Crippen LogP contribution >= 0.6 is 11.9 Å². The Labute approximate surface area is 315 Å². The molecule has 12 heteroatoms. The Balaban J connectivity index is 1.30. The van der Waals surface area contributed by atoms with E-state index < -0.39 is 23.4 Å². The Morgan fingerprint density at radius 2 is 1.72 bits per heavy atom. The smallest absolute Gasteiger partial charge is 0.410 e. The topological polar surface area (TPSA) is 109 Å². The van der Waals surface area contributed by atoms with Gasteiger partial charge in [0.05, 0.1) is 17.3 Å². The third-order valence-electron chi connectivity index (χ3n) is 9.22. The maximum Gasteiger partial charge on any atom is 0.410 e. The quantitative estimate of drug-likeness (QED) is 0.116. The molecule has 282 valence electrons. The lowest BCUT2D eigenvalue weighted by molar-refractivity contribution is 0.0130. The number of pyridine rings is 3. The summed E-state index contributed by atoms with van der Waals surface area (Å²) < 4.78 is 37.6. The molecule has 2 N–H and O–H groups in total. The van der Waals surface area contributed by atoms with Gasteiger partial charge in [-0.25, -0.2) is 9.78 Å². The molecule has 2 unspecified atom stereocenters. The number of ether oxygens (including phenoxy) is 1. The Morgan fingerprint density at radius 1 is 0.981 bits per heavy atom. The molecule has 1 saturated heterocycles. The van der Waals surface area contributed by atoms with Crippen LogP contribution in [0.2, 0.25) is 0 Å². The van der Waals surface area contributed by atoms with E-state index >= 15 is 0 Å². The number of nitrogens with zero attached hydrogens (tertiary/aromatic N) is 4. The van der Waals surface area contributed by atoms with Crippen LogP contribution < -0.4 is 10.0 Å². The SMILES string of the molecule is CC(C)(C)OC(=O)N1CC(CCC(Nc2cccc(SNC(=O)c3cc(Cc4ccccc4)c(F)nc3F)n2)c2cc(C(C)(C)C)ccn2)CC1(C)C. The van der Waals surface area contributed by atoms with Crippen molar-refractivity contribution in [2.75, 3.05) is 11.9 Å². The summed E-state index contributed by atoms with van der Waals surface area (Å²) in [6.07, 6.45) is 4.10. The highest BCUT2D eigenvalue weighted by molar-refractivity contribution is 7.97. The van der Waals surface area contributed by atoms with Crippen molar-refractivity contribution >= 4 is 29.8 Å². The van der Waals surface area contributed by atoms with E-state index in [0.717, 1.165) is 48.0 Å². The van der Waals surface area contributed by atoms with E-state index in [4.69, 9.17) is 14.7 Å². The number of rotatable bonds is 11. The number of anilines is 1. The molecule has 5 rings (SSSR count). The predicted molar refractivity (Wildman–Crippen MR) is 205 cm³/mol. The number of hydrogen-bond donors (Lipinski definition) is 2. The maximum absolute atomic E-state index is 14.7. The second-order valence-electron chi connectivity index (χ2n) is 16.3. The maximum atomic E-state index is 14.7. The van der Waals surface area contributed by atoms with Crippen LogP contribution in [-0.4, -0.2) is 49.5 Å². The zero-order valence-electron chi connectivity index (χ0n) is 31.8. The molecule has 9 nitrogen and oxygen atoms in total. The molecule has 2 atom stereocenters. The van der Waals surface area contributed by atoms with Crippen LogP contribution in [0.4, 0.5) is 19.4 Å². The highest BCUT2D eigenvalue weighted by Crippen LogP contribution is 2.38. The van der Waals surface area contributed by atoms with Crippen LogP contribution in [0.15, 0.2) is 78.0 Å². The number of hydrogen-bond acceptors (Lipinski definition) is 8. The van der Waals surface area contributed by atoms with Crippen LogP contribution in [0.5, 0.6) is 0 Å². The van der Waals surface area contributed by atoms with E-state index in [1.54, 1.807) is 6.07 Å². The number of carbonyl (C=O) groups is 2. The predicted octanol–water partition coefficient (Wildman–Crippen LogP) is 9.44. The molecule has 0 saturated carbocycles. The standard InChI is InChI=1S/C41H50F2N6O3S/c1-39(2,3)29-19-20-44-32(23-29)31(18-17-27-24-41(7,8)49(25-27)38(51)52-40(4,5)6)45-33-15-12-16-34(46-33)53-48-37(50)30-22-28(35(42)47-36(30)43)21-26-13-10-9-11-14-26/h9-16,19-20,22-23,27,31H,17-18,21,24-25H2,1-8H3,(H,45,46)(H,48,50). The van der Waals surface area contributed by atoms with Crippen molar-refractivity contribution in [2.45, 2.75) is 109 Å². The van der Waals surface area contributed by atoms with Crippen LogP contribution in [0.1, 0.15) is 113 Å². The molecule has 2 amide bonds. The molecule has 4 heterocycles. The zero-order chi connectivity index (χ0) is 38.6. The number of carbonyl (C=O) groups excluding carboxylic acids is 2. The zero-order valence-corrected chi connectivity index (χ0v) is 32.6. The molecule has 1 aliphatic heterocycles. The summed E-state index contributed by atoms with van der Waals surface area (Å²) in [5.74, 6) is -2.07. The molecule has 0 spiro atoms. The van der Waals surface area contributed by atoms with E-state index in [-0.39, 0.29) is 46.6 Å². The fourth-order valence-corrected chi connectivity index (χ4v) is 7.11. The van der Waals surface area contributed by atoms with E-state index in [2.05, 4.69) is 55.7 Å². The molecule has 53 heavy (non-hydrogen) atoms. The van der Waals surface area contributed by atoms with Gasteiger partial charge in [0.1, 0.15) is 16.4 Å². The molecule has 0 radical (unpaired) electrons. The summed E-state index contributed by atoms with van der Waals surface area (Å²) in [6, 6.07) is 19.7. The van der Waals surface area contributed by atoms with Gasteiger partial charge < -0.3 is 15.0 Å². The fraction of sp³-hybridized carbons (Fsp3) is 0.439. The second kappa shape index (κ2) is 16.2. The van der Waals surface area contributed by atoms with Crippen molar-refractivity contribution in [1.82, 2.24) is 24.6 Å². The van der Waals surface area contributed by atoms with E-state index in [0.29, 0.717) is 17.4 Å². The van der Waals surface area contributed by atoms with Crippen molar-refractivity contribution in [3.8, 4) is 0 Å². The summed E-state index contributed by atoms with van der Waals surface area (Å²) in [6.45, 7) is 16.9. The highest BCUT2D eigenvalue weighted by Gasteiger charge is 2.43. The van der Waals surface area contributed by atoms with Crippen molar-refractivity contribution in [3.05, 3.63) is 113 Å². The van der Waals surface area contributed by atoms with E-state index in [1.165, 1.54) is 6.07 Å². The van der Waals surface area contributed by atoms with Gasteiger partial charge >= 0.3 is 6.09 Å². The van der Waals surface area contributed by atoms with Gasteiger partial charge in [0.2, 0.25) is 11.9 Å². The molecule has 0 aliphatic carbocycles. The third kappa shape index (κ3) is 10.7. The van der Waals surface area contributed by atoms with Crippen molar-refractivity contribution in [1.29, 1.82) is 0 Å². The minimum atomic E-state index is -1.19. The molecule has 3 aromatic heterocycles. The highest BCUT2D eigenvalue weighted by atomic mass is 32.2. The monoisotopic (exact) mass is 744 g/mol. The summed E-state index contributed by atoms with van der Waals surface area (Å²) in [4.78, 5) is 40.9. The first-order valence-electron chi connectivity index (χ1n) is 17.9. The second-order valence-corrected chi connectivity index (χ2v) is 17.1. The van der Waals surface area contributed by atoms with Crippen LogP contribution in [0.25, 0.3) is 0 Å². The molecule has 1 aliphatic rings. The van der Waals surface area contributed by atoms with Crippen LogP contribution in [0.3, 0.4) is 0 Å². The molecule has 0 bridgehead atoms. The molecule has 4 aromatic rings. The van der Waals surface area contributed by atoms with Crippen LogP contribution in [-0.2, 0) is 16.6 Å². The fourth-order valence-electron chi connectivity index (χ4n) is 6.52. The number of nitrogens with one attached hydrogen (secondary N) is 2. The van der Waals surface area contributed by atoms with Crippen LogP contribution in [0, 0.1) is 17.8 Å². The van der Waals surface area contributed by atoms with E-state index in [9.17, 15) is 18.4 Å². The summed E-state index contributed by atoms with van der Waals surface area (Å²) in [5.41, 5.74) is 1.60. The number of benzene rings is 1. The van der Waals surface area contributed by atoms with Crippen molar-refractivity contribution in [3.63, 3.8) is 0 Å². The normalized spacial score (nSPS) is 16.3. The molecular formula is C41H50F2N6O3S. The Hall–Kier alpha value is -4.58. The minimum absolute atomic E-state index is 0.0829. The lowest BCUT2D eigenvalue weighted by atomic mass is 9.86. The Bertz CT molecular complexity index is 1910. The number of halogens is 2. The summed E-state index contributed by atoms with van der Waals surface area (Å²) in [5, 5.41) is 4.03. The largest absolute Gasteiger partial charge is 0.444 e. The Morgan fingerprint density at radius 3 is 2.42 bits per heavy atom. The molecular weight excluding hydrogens is 695 g/mol. The van der Waals surface area contributed by atoms with Gasteiger partial charge in [0.25, 0.3) is 5.91 Å². The summed E-state index contributed by atoms with van der Waals surface area (Å²) in [7, 11) is 0. The number of likely N-dealkylation sites (tertiary alicyclic amines) is 1. The van der Waals surface area contributed by atoms with Gasteiger partial charge in [0, 0.05) is 42.2 Å². The van der Waals surface area contributed by atoms with Crippen molar-refractivity contribution in [2.24, 2.45) is 5.92 Å².